The molecule has 2 aliphatic rings. The number of amides is 1. The van der Waals surface area contributed by atoms with E-state index in [1.54, 1.807) is 55.6 Å². The molecule has 0 aliphatic carbocycles. The van der Waals surface area contributed by atoms with Crippen molar-refractivity contribution < 1.29 is 24.2 Å². The minimum atomic E-state index is -1.83. The molecule has 1 unspecified atom stereocenters. The molecule has 0 radical (unpaired) electrons. The average molecular weight is 351 g/mol. The van der Waals surface area contributed by atoms with Crippen LogP contribution in [0.1, 0.15) is 17.5 Å². The second-order valence-electron chi connectivity index (χ2n) is 6.33. The number of carbonyl (C=O) groups is 2. The quantitative estimate of drug-likeness (QED) is 0.855. The van der Waals surface area contributed by atoms with Gasteiger partial charge in [-0.3, -0.25) is 9.59 Å². The Labute approximate surface area is 150 Å². The van der Waals surface area contributed by atoms with Gasteiger partial charge >= 0.3 is 0 Å². The summed E-state index contributed by atoms with van der Waals surface area (Å²) in [7, 11) is 1.59. The van der Waals surface area contributed by atoms with Crippen molar-refractivity contribution >= 4 is 23.5 Å². The van der Waals surface area contributed by atoms with Gasteiger partial charge in [-0.2, -0.15) is 0 Å². The molecule has 2 aromatic rings. The van der Waals surface area contributed by atoms with Crippen molar-refractivity contribution in [3.8, 4) is 11.5 Å². The number of ketones is 1. The first kappa shape index (κ1) is 16.4. The molecular weight excluding hydrogens is 334 g/mol. The molecule has 0 fully saturated rings. The lowest BCUT2D eigenvalue weighted by Gasteiger charge is -2.20. The molecule has 0 saturated carbocycles. The molecule has 1 atom stereocenters. The summed E-state index contributed by atoms with van der Waals surface area (Å²) < 4.78 is 10.6. The Hall–Kier alpha value is -3.12. The van der Waals surface area contributed by atoms with E-state index in [1.807, 2.05) is 0 Å². The van der Waals surface area contributed by atoms with Crippen molar-refractivity contribution in [1.82, 2.24) is 0 Å². The van der Waals surface area contributed by atoms with Gasteiger partial charge in [-0.15, -0.1) is 0 Å². The fourth-order valence-corrected chi connectivity index (χ4v) is 3.31. The lowest BCUT2D eigenvalue weighted by Crippen LogP contribution is -2.40. The van der Waals surface area contributed by atoms with E-state index >= 15 is 0 Å². The first-order chi connectivity index (χ1) is 12.5. The molecule has 0 aromatic heterocycles. The molecule has 2 heterocycles. The summed E-state index contributed by atoms with van der Waals surface area (Å²) in [5.74, 6) is 0.450. The number of fused-ring (bicyclic) bond motifs is 2. The van der Waals surface area contributed by atoms with Gasteiger partial charge in [-0.25, -0.2) is 0 Å². The summed E-state index contributed by atoms with van der Waals surface area (Å²) >= 11 is 0. The van der Waals surface area contributed by atoms with Crippen molar-refractivity contribution in [2.45, 2.75) is 12.0 Å². The predicted octanol–water partition coefficient (Wildman–Crippen LogP) is 2.25. The first-order valence-corrected chi connectivity index (χ1v) is 8.20. The number of benzene rings is 2. The number of rotatable bonds is 4. The molecule has 2 aromatic carbocycles. The maximum atomic E-state index is 12.5. The van der Waals surface area contributed by atoms with Crippen LogP contribution in [0.4, 0.5) is 5.69 Å². The molecule has 2 aliphatic heterocycles. The lowest BCUT2D eigenvalue weighted by atomic mass is 9.90. The van der Waals surface area contributed by atoms with Crippen molar-refractivity contribution in [2.75, 3.05) is 18.7 Å². The number of allylic oxidation sites excluding steroid dienone is 1. The maximum absolute atomic E-state index is 12.5. The number of ether oxygens (including phenoxy) is 2. The second-order valence-corrected chi connectivity index (χ2v) is 6.33. The van der Waals surface area contributed by atoms with Gasteiger partial charge in [-0.05, 0) is 29.8 Å². The zero-order chi connectivity index (χ0) is 18.3. The molecule has 0 spiro atoms. The van der Waals surface area contributed by atoms with E-state index in [0.29, 0.717) is 22.7 Å². The van der Waals surface area contributed by atoms with Crippen LogP contribution in [0.3, 0.4) is 0 Å². The minimum absolute atomic E-state index is 0.184. The van der Waals surface area contributed by atoms with Crippen molar-refractivity contribution in [3.05, 3.63) is 59.7 Å². The number of anilines is 1. The zero-order valence-electron chi connectivity index (χ0n) is 14.1. The predicted molar refractivity (Wildman–Crippen MR) is 95.0 cm³/mol. The van der Waals surface area contributed by atoms with Gasteiger partial charge < -0.3 is 19.5 Å². The number of para-hydroxylation sites is 1. The van der Waals surface area contributed by atoms with Crippen LogP contribution < -0.4 is 14.4 Å². The summed E-state index contributed by atoms with van der Waals surface area (Å²) in [6, 6.07) is 12.3. The standard InChI is InChI=1S/C20H17NO5/c1-21-16-5-3-2-4-15(16)20(24,19(21)23)11-14(22)8-6-13-7-9-17-18(10-13)26-12-25-17/h2-10,24H,11-12H2,1H3. The Morgan fingerprint density at radius 3 is 2.85 bits per heavy atom. The van der Waals surface area contributed by atoms with Crippen LogP contribution in [0, 0.1) is 0 Å². The molecule has 6 nitrogen and oxygen atoms in total. The topological polar surface area (TPSA) is 76.1 Å². The number of carbonyl (C=O) groups excluding carboxylic acids is 2. The van der Waals surface area contributed by atoms with Crippen molar-refractivity contribution in [2.24, 2.45) is 0 Å². The van der Waals surface area contributed by atoms with Gasteiger partial charge in [0.25, 0.3) is 5.91 Å². The fourth-order valence-electron chi connectivity index (χ4n) is 3.31. The number of hydrogen-bond acceptors (Lipinski definition) is 5. The molecule has 0 bridgehead atoms. The van der Waals surface area contributed by atoms with Gasteiger partial charge in [0.1, 0.15) is 0 Å². The summed E-state index contributed by atoms with van der Waals surface area (Å²) in [6.45, 7) is 0.184. The molecule has 1 N–H and O–H groups in total. The van der Waals surface area contributed by atoms with Crippen molar-refractivity contribution in [3.63, 3.8) is 0 Å². The molecule has 4 rings (SSSR count). The van der Waals surface area contributed by atoms with Crippen LogP contribution >= 0.6 is 0 Å². The van der Waals surface area contributed by atoms with E-state index in [4.69, 9.17) is 9.47 Å². The van der Waals surface area contributed by atoms with Gasteiger partial charge in [-0.1, -0.05) is 30.3 Å². The highest BCUT2D eigenvalue weighted by atomic mass is 16.7. The Bertz CT molecular complexity index is 936. The van der Waals surface area contributed by atoms with E-state index in [1.165, 1.54) is 11.0 Å². The molecule has 0 saturated heterocycles. The van der Waals surface area contributed by atoms with E-state index in [0.717, 1.165) is 5.56 Å². The van der Waals surface area contributed by atoms with Crippen LogP contribution in [-0.2, 0) is 15.2 Å². The van der Waals surface area contributed by atoms with E-state index in [-0.39, 0.29) is 19.0 Å². The van der Waals surface area contributed by atoms with Gasteiger partial charge in [0.15, 0.2) is 22.9 Å². The summed E-state index contributed by atoms with van der Waals surface area (Å²) in [6.07, 6.45) is 2.68. The fraction of sp³-hybridized carbons (Fsp3) is 0.200. The van der Waals surface area contributed by atoms with Crippen LogP contribution in [0.15, 0.2) is 48.5 Å². The summed E-state index contributed by atoms with van der Waals surface area (Å²) in [5, 5.41) is 10.9. The molecule has 1 amide bonds. The molecule has 6 heteroatoms. The average Bonchev–Trinajstić information content (AvgIpc) is 3.18. The monoisotopic (exact) mass is 351 g/mol. The molecule has 26 heavy (non-hydrogen) atoms. The lowest BCUT2D eigenvalue weighted by molar-refractivity contribution is -0.140. The number of hydrogen-bond donors (Lipinski definition) is 1. The number of aliphatic hydroxyl groups is 1. The summed E-state index contributed by atoms with van der Waals surface area (Å²) in [5.41, 5.74) is 0.0107. The van der Waals surface area contributed by atoms with E-state index in [9.17, 15) is 14.7 Å². The normalized spacial score (nSPS) is 20.7. The van der Waals surface area contributed by atoms with Gasteiger partial charge in [0.05, 0.1) is 12.1 Å². The largest absolute Gasteiger partial charge is 0.454 e. The Morgan fingerprint density at radius 2 is 2.00 bits per heavy atom. The second kappa shape index (κ2) is 6.00. The Morgan fingerprint density at radius 1 is 1.23 bits per heavy atom. The van der Waals surface area contributed by atoms with Crippen LogP contribution in [0.25, 0.3) is 6.08 Å². The summed E-state index contributed by atoms with van der Waals surface area (Å²) in [4.78, 5) is 26.3. The van der Waals surface area contributed by atoms with Crippen LogP contribution in [0.2, 0.25) is 0 Å². The number of nitrogens with zero attached hydrogens (tertiary/aromatic N) is 1. The van der Waals surface area contributed by atoms with E-state index in [2.05, 4.69) is 0 Å². The SMILES string of the molecule is CN1C(=O)C(O)(CC(=O)C=Cc2ccc3c(c2)OCO3)c2ccccc21. The molecular formula is C20H17NO5. The number of likely N-dealkylation sites (N-methyl/N-ethyl adjacent to an activating group) is 1. The van der Waals surface area contributed by atoms with Crippen molar-refractivity contribution in [1.29, 1.82) is 0 Å². The smallest absolute Gasteiger partial charge is 0.263 e. The highest BCUT2D eigenvalue weighted by Crippen LogP contribution is 2.41. The van der Waals surface area contributed by atoms with Crippen LogP contribution in [0.5, 0.6) is 11.5 Å². The third kappa shape index (κ3) is 2.55. The highest BCUT2D eigenvalue weighted by Gasteiger charge is 2.49. The zero-order valence-corrected chi connectivity index (χ0v) is 14.1. The highest BCUT2D eigenvalue weighted by molar-refractivity contribution is 6.09. The third-order valence-corrected chi connectivity index (χ3v) is 4.66. The maximum Gasteiger partial charge on any atom is 0.263 e. The molecule has 132 valence electrons. The Balaban J connectivity index is 1.54. The van der Waals surface area contributed by atoms with Crippen LogP contribution in [-0.4, -0.2) is 30.6 Å². The third-order valence-electron chi connectivity index (χ3n) is 4.66. The minimum Gasteiger partial charge on any atom is -0.454 e. The Kier molecular flexibility index (Phi) is 3.77. The van der Waals surface area contributed by atoms with Gasteiger partial charge in [0, 0.05) is 12.6 Å². The first-order valence-electron chi connectivity index (χ1n) is 8.20. The van der Waals surface area contributed by atoms with E-state index < -0.39 is 11.5 Å². The van der Waals surface area contributed by atoms with Gasteiger partial charge in [0.2, 0.25) is 6.79 Å².